The summed E-state index contributed by atoms with van der Waals surface area (Å²) in [5.74, 6) is -0.0744. The number of esters is 1. The number of carbonyl (C=O) groups excluding carboxylic acids is 2. The highest BCUT2D eigenvalue weighted by atomic mass is 35.5. The molecule has 1 N–H and O–H groups in total. The van der Waals surface area contributed by atoms with Crippen molar-refractivity contribution in [2.24, 2.45) is 0 Å². The molecule has 2 heterocycles. The third-order valence-corrected chi connectivity index (χ3v) is 4.31. The van der Waals surface area contributed by atoms with E-state index in [1.54, 1.807) is 18.2 Å². The molecule has 0 spiro atoms. The van der Waals surface area contributed by atoms with Crippen LogP contribution in [0.15, 0.2) is 36.5 Å². The Balaban J connectivity index is 1.75. The Hall–Kier alpha value is -2.60. The largest absolute Gasteiger partial charge is 0.465 e. The van der Waals surface area contributed by atoms with Crippen molar-refractivity contribution in [3.63, 3.8) is 0 Å². The van der Waals surface area contributed by atoms with Crippen LogP contribution in [0.4, 0.5) is 11.5 Å². The number of nitrogens with zero attached hydrogens (tertiary/aromatic N) is 2. The number of benzene rings is 1. The Kier molecular flexibility index (Phi) is 5.19. The van der Waals surface area contributed by atoms with Crippen molar-refractivity contribution in [3.8, 4) is 0 Å². The molecule has 0 fully saturated rings. The van der Waals surface area contributed by atoms with Gasteiger partial charge in [-0.25, -0.2) is 9.78 Å². The van der Waals surface area contributed by atoms with Gasteiger partial charge in [-0.3, -0.25) is 4.79 Å². The molecule has 130 valence electrons. The Morgan fingerprint density at radius 2 is 2.16 bits per heavy atom. The number of anilines is 2. The van der Waals surface area contributed by atoms with Gasteiger partial charge in [-0.1, -0.05) is 17.7 Å². The zero-order chi connectivity index (χ0) is 17.8. The van der Waals surface area contributed by atoms with E-state index in [2.05, 4.69) is 10.3 Å². The summed E-state index contributed by atoms with van der Waals surface area (Å²) in [5, 5.41) is 3.27. The van der Waals surface area contributed by atoms with Gasteiger partial charge in [-0.2, -0.15) is 0 Å². The zero-order valence-electron chi connectivity index (χ0n) is 13.8. The van der Waals surface area contributed by atoms with Gasteiger partial charge in [0, 0.05) is 18.4 Å². The molecule has 3 rings (SSSR count). The van der Waals surface area contributed by atoms with E-state index in [0.717, 1.165) is 30.6 Å². The number of carbonyl (C=O) groups is 2. The average molecular weight is 360 g/mol. The van der Waals surface area contributed by atoms with Gasteiger partial charge in [0.25, 0.3) is 0 Å². The van der Waals surface area contributed by atoms with Gasteiger partial charge >= 0.3 is 5.97 Å². The summed E-state index contributed by atoms with van der Waals surface area (Å²) in [7, 11) is 1.37. The predicted octanol–water partition coefficient (Wildman–Crippen LogP) is 2.91. The number of halogens is 1. The summed E-state index contributed by atoms with van der Waals surface area (Å²) in [4.78, 5) is 30.3. The Labute approximate surface area is 150 Å². The van der Waals surface area contributed by atoms with Crippen LogP contribution in [-0.4, -0.2) is 37.1 Å². The quantitative estimate of drug-likeness (QED) is 0.850. The van der Waals surface area contributed by atoms with Crippen molar-refractivity contribution in [2.75, 3.05) is 30.4 Å². The minimum atomic E-state index is -0.353. The van der Waals surface area contributed by atoms with Crippen LogP contribution in [0.1, 0.15) is 22.3 Å². The van der Waals surface area contributed by atoms with Crippen LogP contribution < -0.4 is 10.2 Å². The van der Waals surface area contributed by atoms with Gasteiger partial charge in [-0.05, 0) is 42.7 Å². The van der Waals surface area contributed by atoms with Crippen LogP contribution >= 0.6 is 11.6 Å². The molecule has 2 aromatic rings. The molecule has 0 unspecified atom stereocenters. The molecule has 0 aliphatic carbocycles. The summed E-state index contributed by atoms with van der Waals surface area (Å²) in [6.45, 7) is 0.932. The van der Waals surface area contributed by atoms with E-state index in [-0.39, 0.29) is 18.4 Å². The van der Waals surface area contributed by atoms with Gasteiger partial charge in [0.05, 0.1) is 24.2 Å². The van der Waals surface area contributed by atoms with Gasteiger partial charge in [0.2, 0.25) is 5.91 Å². The summed E-state index contributed by atoms with van der Waals surface area (Å²) < 4.78 is 4.85. The maximum Gasteiger partial charge on any atom is 0.338 e. The molecule has 25 heavy (non-hydrogen) atoms. The highest BCUT2D eigenvalue weighted by Crippen LogP contribution is 2.30. The Morgan fingerprint density at radius 3 is 2.88 bits per heavy atom. The molecule has 0 saturated heterocycles. The fraction of sp³-hybridized carbons (Fsp3) is 0.278. The van der Waals surface area contributed by atoms with E-state index in [0.29, 0.717) is 16.4 Å². The number of nitrogens with one attached hydrogen (secondary N) is 1. The third-order valence-electron chi connectivity index (χ3n) is 4.08. The first kappa shape index (κ1) is 17.2. The number of pyridine rings is 1. The summed E-state index contributed by atoms with van der Waals surface area (Å²) in [5.41, 5.74) is 2.39. The molecular weight excluding hydrogens is 342 g/mol. The van der Waals surface area contributed by atoms with Crippen LogP contribution in [0.5, 0.6) is 0 Å². The number of ether oxygens (including phenoxy) is 1. The highest BCUT2D eigenvalue weighted by Gasteiger charge is 2.24. The van der Waals surface area contributed by atoms with Crippen LogP contribution in [0.3, 0.4) is 0 Å². The van der Waals surface area contributed by atoms with Gasteiger partial charge in [0.1, 0.15) is 5.82 Å². The molecule has 6 nitrogen and oxygen atoms in total. The summed E-state index contributed by atoms with van der Waals surface area (Å²) >= 11 is 5.79. The number of methoxy groups -OCH3 is 1. The van der Waals surface area contributed by atoms with Crippen molar-refractivity contribution >= 4 is 35.0 Å². The number of hydrogen-bond donors (Lipinski definition) is 1. The second-order valence-electron chi connectivity index (χ2n) is 5.73. The topological polar surface area (TPSA) is 71.5 Å². The number of rotatable bonds is 4. The normalized spacial score (nSPS) is 13.1. The van der Waals surface area contributed by atoms with E-state index in [1.807, 2.05) is 17.0 Å². The first-order valence-corrected chi connectivity index (χ1v) is 8.33. The van der Waals surface area contributed by atoms with Gasteiger partial charge in [0.15, 0.2) is 0 Å². The van der Waals surface area contributed by atoms with Crippen molar-refractivity contribution in [1.29, 1.82) is 0 Å². The van der Waals surface area contributed by atoms with Crippen molar-refractivity contribution in [2.45, 2.75) is 12.8 Å². The number of hydrogen-bond acceptors (Lipinski definition) is 5. The summed E-state index contributed by atoms with van der Waals surface area (Å²) in [6, 6.07) is 8.81. The number of aromatic nitrogens is 1. The second-order valence-corrected chi connectivity index (χ2v) is 6.17. The molecule has 1 aliphatic heterocycles. The molecule has 0 saturated carbocycles. The van der Waals surface area contributed by atoms with E-state index < -0.39 is 0 Å². The highest BCUT2D eigenvalue weighted by molar-refractivity contribution is 6.30. The third kappa shape index (κ3) is 3.91. The number of fused-ring (bicyclic) bond motifs is 1. The molecule has 7 heteroatoms. The van der Waals surface area contributed by atoms with Crippen LogP contribution in [0.25, 0.3) is 0 Å². The molecule has 0 atom stereocenters. The number of amides is 1. The van der Waals surface area contributed by atoms with Crippen LogP contribution in [-0.2, 0) is 16.0 Å². The molecule has 1 aromatic heterocycles. The Bertz CT molecular complexity index is 793. The van der Waals surface area contributed by atoms with E-state index >= 15 is 0 Å². The fourth-order valence-electron chi connectivity index (χ4n) is 2.97. The maximum absolute atomic E-state index is 12.3. The molecule has 1 amide bonds. The van der Waals surface area contributed by atoms with E-state index in [1.165, 1.54) is 13.3 Å². The smallest absolute Gasteiger partial charge is 0.338 e. The van der Waals surface area contributed by atoms with E-state index in [9.17, 15) is 9.59 Å². The standard InChI is InChI=1S/C18H18ClN3O3/c1-25-18(24)14-4-2-6-15-13(14)5-3-9-22(15)11-17(23)21-16-8-7-12(19)10-20-16/h2,4,6-8,10H,3,5,9,11H2,1H3,(H,20,21,23). The first-order chi connectivity index (χ1) is 12.1. The van der Waals surface area contributed by atoms with E-state index in [4.69, 9.17) is 16.3 Å². The fourth-order valence-corrected chi connectivity index (χ4v) is 3.08. The van der Waals surface area contributed by atoms with Crippen LogP contribution in [0.2, 0.25) is 5.02 Å². The lowest BCUT2D eigenvalue weighted by atomic mass is 9.96. The lowest BCUT2D eigenvalue weighted by Gasteiger charge is -2.31. The average Bonchev–Trinajstić information content (AvgIpc) is 2.63. The van der Waals surface area contributed by atoms with Crippen molar-refractivity contribution in [3.05, 3.63) is 52.7 Å². The SMILES string of the molecule is COC(=O)c1cccc2c1CCCN2CC(=O)Nc1ccc(Cl)cn1. The van der Waals surface area contributed by atoms with Gasteiger partial charge in [-0.15, -0.1) is 0 Å². The second kappa shape index (κ2) is 7.53. The molecule has 1 aromatic carbocycles. The Morgan fingerprint density at radius 1 is 1.32 bits per heavy atom. The van der Waals surface area contributed by atoms with Crippen molar-refractivity contribution < 1.29 is 14.3 Å². The molecular formula is C18H18ClN3O3. The summed E-state index contributed by atoms with van der Waals surface area (Å²) in [6.07, 6.45) is 3.14. The van der Waals surface area contributed by atoms with Crippen molar-refractivity contribution in [1.82, 2.24) is 4.98 Å². The predicted molar refractivity (Wildman–Crippen MR) is 96.2 cm³/mol. The lowest BCUT2D eigenvalue weighted by molar-refractivity contribution is -0.115. The van der Waals surface area contributed by atoms with Crippen LogP contribution in [0, 0.1) is 0 Å². The zero-order valence-corrected chi connectivity index (χ0v) is 14.5. The molecule has 0 radical (unpaired) electrons. The van der Waals surface area contributed by atoms with Gasteiger partial charge < -0.3 is 15.0 Å². The molecule has 1 aliphatic rings. The first-order valence-electron chi connectivity index (χ1n) is 7.95. The minimum Gasteiger partial charge on any atom is -0.465 e. The molecule has 0 bridgehead atoms. The lowest BCUT2D eigenvalue weighted by Crippen LogP contribution is -2.37. The maximum atomic E-state index is 12.3. The monoisotopic (exact) mass is 359 g/mol. The minimum absolute atomic E-state index is 0.175.